The lowest BCUT2D eigenvalue weighted by molar-refractivity contribution is 0.395. The Balaban J connectivity index is 0.00000144. The van der Waals surface area contributed by atoms with Gasteiger partial charge in [0.1, 0.15) is 11.5 Å². The minimum Gasteiger partial charge on any atom is -0.497 e. The molecule has 1 aromatic carbocycles. The van der Waals surface area contributed by atoms with Crippen LogP contribution in [0.15, 0.2) is 24.4 Å². The maximum Gasteiger partial charge on any atom is 0.131 e. The number of halogens is 1. The molecular weight excluding hydrogens is 258 g/mol. The summed E-state index contributed by atoms with van der Waals surface area (Å²) in [6, 6.07) is 5.79. The zero-order chi connectivity index (χ0) is 11.5. The summed E-state index contributed by atoms with van der Waals surface area (Å²) in [5.41, 5.74) is 1.05. The van der Waals surface area contributed by atoms with Crippen LogP contribution in [0, 0.1) is 6.92 Å². The van der Waals surface area contributed by atoms with E-state index in [0.29, 0.717) is 0 Å². The summed E-state index contributed by atoms with van der Waals surface area (Å²) in [6.45, 7) is 1.99. The van der Waals surface area contributed by atoms with Crippen molar-refractivity contribution in [2.24, 2.45) is 0 Å². The zero-order valence-electron chi connectivity index (χ0n) is 9.89. The Morgan fingerprint density at radius 3 is 2.47 bits per heavy atom. The standard InChI is InChI=1S/C12H13NO2S.ClH/c1-8-13-7-12(16-8)10-5-4-9(14-2)6-11(10)15-3;/h4-7H,1-3H3;1H. The van der Waals surface area contributed by atoms with Crippen molar-refractivity contribution in [2.75, 3.05) is 14.2 Å². The Hall–Kier alpha value is -1.26. The molecule has 0 aliphatic heterocycles. The first-order chi connectivity index (χ1) is 7.74. The molecule has 0 spiro atoms. The van der Waals surface area contributed by atoms with Crippen LogP contribution in [0.5, 0.6) is 11.5 Å². The number of benzene rings is 1. The van der Waals surface area contributed by atoms with Crippen LogP contribution in [0.25, 0.3) is 10.4 Å². The summed E-state index contributed by atoms with van der Waals surface area (Å²) in [5, 5.41) is 1.05. The lowest BCUT2D eigenvalue weighted by Crippen LogP contribution is -1.89. The molecule has 0 aliphatic carbocycles. The highest BCUT2D eigenvalue weighted by Crippen LogP contribution is 2.35. The number of ether oxygens (including phenoxy) is 2. The van der Waals surface area contributed by atoms with Crippen LogP contribution in [0.3, 0.4) is 0 Å². The van der Waals surface area contributed by atoms with Crippen molar-refractivity contribution >= 4 is 23.7 Å². The van der Waals surface area contributed by atoms with Gasteiger partial charge in [-0.3, -0.25) is 0 Å². The smallest absolute Gasteiger partial charge is 0.131 e. The van der Waals surface area contributed by atoms with E-state index < -0.39 is 0 Å². The monoisotopic (exact) mass is 271 g/mol. The van der Waals surface area contributed by atoms with Crippen LogP contribution in [0.4, 0.5) is 0 Å². The van der Waals surface area contributed by atoms with Gasteiger partial charge in [-0.25, -0.2) is 4.98 Å². The summed E-state index contributed by atoms with van der Waals surface area (Å²) < 4.78 is 10.5. The van der Waals surface area contributed by atoms with Gasteiger partial charge in [0.05, 0.1) is 24.1 Å². The lowest BCUT2D eigenvalue weighted by Gasteiger charge is -2.08. The van der Waals surface area contributed by atoms with E-state index in [1.807, 2.05) is 31.3 Å². The molecule has 0 fully saturated rings. The van der Waals surface area contributed by atoms with Gasteiger partial charge in [-0.1, -0.05) is 0 Å². The molecule has 0 saturated carbocycles. The second-order valence-electron chi connectivity index (χ2n) is 3.31. The molecule has 2 rings (SSSR count). The van der Waals surface area contributed by atoms with Gasteiger partial charge >= 0.3 is 0 Å². The Morgan fingerprint density at radius 1 is 1.18 bits per heavy atom. The highest BCUT2D eigenvalue weighted by molar-refractivity contribution is 7.15. The second kappa shape index (κ2) is 5.89. The van der Waals surface area contributed by atoms with Crippen LogP contribution in [0.1, 0.15) is 5.01 Å². The molecule has 3 nitrogen and oxygen atoms in total. The fraction of sp³-hybridized carbons (Fsp3) is 0.250. The molecule has 0 unspecified atom stereocenters. The van der Waals surface area contributed by atoms with E-state index in [0.717, 1.165) is 26.9 Å². The number of hydrogen-bond donors (Lipinski definition) is 0. The fourth-order valence-corrected chi connectivity index (χ4v) is 2.30. The molecule has 0 bridgehead atoms. The number of rotatable bonds is 3. The van der Waals surface area contributed by atoms with E-state index in [2.05, 4.69) is 4.98 Å². The predicted octanol–water partition coefficient (Wildman–Crippen LogP) is 3.56. The van der Waals surface area contributed by atoms with Gasteiger partial charge in [0.15, 0.2) is 0 Å². The number of methoxy groups -OCH3 is 2. The van der Waals surface area contributed by atoms with Gasteiger partial charge in [-0.05, 0) is 19.1 Å². The van der Waals surface area contributed by atoms with Crippen molar-refractivity contribution in [1.82, 2.24) is 4.98 Å². The summed E-state index contributed by atoms with van der Waals surface area (Å²) in [4.78, 5) is 5.35. The van der Waals surface area contributed by atoms with Crippen LogP contribution in [-0.2, 0) is 0 Å². The van der Waals surface area contributed by atoms with Gasteiger partial charge < -0.3 is 9.47 Å². The molecule has 0 amide bonds. The summed E-state index contributed by atoms with van der Waals surface area (Å²) in [6.07, 6.45) is 1.87. The van der Waals surface area contributed by atoms with Gasteiger partial charge in [0.2, 0.25) is 0 Å². The maximum atomic E-state index is 5.35. The average Bonchev–Trinajstić information content (AvgIpc) is 2.74. The predicted molar refractivity (Wildman–Crippen MR) is 72.6 cm³/mol. The van der Waals surface area contributed by atoms with Gasteiger partial charge in [-0.15, -0.1) is 23.7 Å². The van der Waals surface area contributed by atoms with Crippen molar-refractivity contribution in [3.05, 3.63) is 29.4 Å². The maximum absolute atomic E-state index is 5.35. The Labute approximate surface area is 111 Å². The summed E-state index contributed by atoms with van der Waals surface area (Å²) in [5.74, 6) is 1.60. The SMILES string of the molecule is COc1ccc(-c2cnc(C)s2)c(OC)c1.Cl. The first kappa shape index (κ1) is 13.8. The Bertz CT molecular complexity index is 499. The van der Waals surface area contributed by atoms with Crippen LogP contribution in [0.2, 0.25) is 0 Å². The minimum absolute atomic E-state index is 0. The molecule has 0 atom stereocenters. The fourth-order valence-electron chi connectivity index (χ4n) is 1.49. The number of nitrogens with zero attached hydrogens (tertiary/aromatic N) is 1. The largest absolute Gasteiger partial charge is 0.497 e. The van der Waals surface area contributed by atoms with Crippen LogP contribution >= 0.6 is 23.7 Å². The highest BCUT2D eigenvalue weighted by atomic mass is 35.5. The molecule has 2 aromatic rings. The third kappa shape index (κ3) is 2.90. The Kier molecular flexibility index (Phi) is 4.78. The van der Waals surface area contributed by atoms with E-state index in [-0.39, 0.29) is 12.4 Å². The zero-order valence-corrected chi connectivity index (χ0v) is 11.5. The van der Waals surface area contributed by atoms with E-state index >= 15 is 0 Å². The van der Waals surface area contributed by atoms with Gasteiger partial charge in [0.25, 0.3) is 0 Å². The van der Waals surface area contributed by atoms with E-state index in [9.17, 15) is 0 Å². The molecule has 0 saturated heterocycles. The molecule has 0 radical (unpaired) electrons. The summed E-state index contributed by atoms with van der Waals surface area (Å²) >= 11 is 1.65. The third-order valence-corrected chi connectivity index (χ3v) is 3.24. The number of aromatic nitrogens is 1. The van der Waals surface area contributed by atoms with Crippen molar-refractivity contribution in [1.29, 1.82) is 0 Å². The highest BCUT2D eigenvalue weighted by Gasteiger charge is 2.09. The van der Waals surface area contributed by atoms with Gasteiger partial charge in [0, 0.05) is 17.8 Å². The average molecular weight is 272 g/mol. The van der Waals surface area contributed by atoms with Gasteiger partial charge in [-0.2, -0.15) is 0 Å². The van der Waals surface area contributed by atoms with Crippen molar-refractivity contribution in [2.45, 2.75) is 6.92 Å². The van der Waals surface area contributed by atoms with Crippen molar-refractivity contribution < 1.29 is 9.47 Å². The van der Waals surface area contributed by atoms with Crippen molar-refractivity contribution in [3.8, 4) is 21.9 Å². The normalized spacial score (nSPS) is 9.59. The molecule has 0 N–H and O–H groups in total. The lowest BCUT2D eigenvalue weighted by atomic mass is 10.1. The molecule has 0 aliphatic rings. The first-order valence-corrected chi connectivity index (χ1v) is 5.71. The van der Waals surface area contributed by atoms with Crippen molar-refractivity contribution in [3.63, 3.8) is 0 Å². The molecule has 1 heterocycles. The van der Waals surface area contributed by atoms with Crippen LogP contribution < -0.4 is 9.47 Å². The number of thiazole rings is 1. The van der Waals surface area contributed by atoms with E-state index in [4.69, 9.17) is 9.47 Å². The van der Waals surface area contributed by atoms with Crippen LogP contribution in [-0.4, -0.2) is 19.2 Å². The quantitative estimate of drug-likeness (QED) is 0.855. The first-order valence-electron chi connectivity index (χ1n) is 4.89. The second-order valence-corrected chi connectivity index (χ2v) is 4.54. The number of hydrogen-bond acceptors (Lipinski definition) is 4. The molecule has 17 heavy (non-hydrogen) atoms. The molecule has 92 valence electrons. The molecular formula is C12H14ClNO2S. The minimum atomic E-state index is 0. The van der Waals surface area contributed by atoms with E-state index in [1.165, 1.54) is 0 Å². The molecule has 5 heteroatoms. The summed E-state index contributed by atoms with van der Waals surface area (Å²) in [7, 11) is 3.30. The third-order valence-electron chi connectivity index (χ3n) is 2.30. The molecule has 1 aromatic heterocycles. The topological polar surface area (TPSA) is 31.4 Å². The van der Waals surface area contributed by atoms with E-state index in [1.54, 1.807) is 25.6 Å². The Morgan fingerprint density at radius 2 is 1.94 bits per heavy atom. The number of aryl methyl sites for hydroxylation is 1.